The van der Waals surface area contributed by atoms with Gasteiger partial charge >= 0.3 is 0 Å². The van der Waals surface area contributed by atoms with Gasteiger partial charge in [-0.15, -0.1) is 0 Å². The average Bonchev–Trinajstić information content (AvgIpc) is 3.33. The van der Waals surface area contributed by atoms with Crippen molar-refractivity contribution in [3.8, 4) is 0 Å². The first-order chi connectivity index (χ1) is 16.8. The topological polar surface area (TPSA) is 82.1 Å². The van der Waals surface area contributed by atoms with Crippen LogP contribution in [0.1, 0.15) is 35.3 Å². The number of nitrogens with zero attached hydrogens (tertiary/aromatic N) is 2. The molecule has 3 heterocycles. The van der Waals surface area contributed by atoms with E-state index < -0.39 is 11.4 Å². The van der Waals surface area contributed by atoms with Gasteiger partial charge in [0.25, 0.3) is 11.8 Å². The molecular weight excluding hydrogens is 449 g/mol. The molecule has 0 bridgehead atoms. The number of halogens is 1. The van der Waals surface area contributed by atoms with E-state index in [1.807, 2.05) is 49.1 Å². The van der Waals surface area contributed by atoms with Crippen molar-refractivity contribution in [2.45, 2.75) is 19.4 Å². The van der Waals surface area contributed by atoms with Gasteiger partial charge in [0.2, 0.25) is 0 Å². The van der Waals surface area contributed by atoms with Crippen LogP contribution in [0.2, 0.25) is 0 Å². The Bertz CT molecular complexity index is 1240. The van der Waals surface area contributed by atoms with E-state index in [2.05, 4.69) is 10.2 Å². The predicted molar refractivity (Wildman–Crippen MR) is 131 cm³/mol. The minimum absolute atomic E-state index is 0.00890. The van der Waals surface area contributed by atoms with Gasteiger partial charge in [-0.25, -0.2) is 4.39 Å². The molecule has 0 saturated carbocycles. The van der Waals surface area contributed by atoms with E-state index in [1.165, 1.54) is 12.1 Å². The van der Waals surface area contributed by atoms with E-state index in [1.54, 1.807) is 6.07 Å². The molecule has 2 aromatic carbocycles. The van der Waals surface area contributed by atoms with Crippen LogP contribution >= 0.6 is 0 Å². The van der Waals surface area contributed by atoms with Crippen molar-refractivity contribution < 1.29 is 23.8 Å². The molecule has 8 heteroatoms. The third-order valence-electron chi connectivity index (χ3n) is 6.78. The number of amides is 2. The smallest absolute Gasteiger partial charge is 0.260 e. The third-order valence-corrected chi connectivity index (χ3v) is 6.78. The lowest BCUT2D eigenvalue weighted by molar-refractivity contribution is -0.111. The summed E-state index contributed by atoms with van der Waals surface area (Å²) in [6.45, 7) is 7.39. The molecule has 0 aliphatic carbocycles. The summed E-state index contributed by atoms with van der Waals surface area (Å²) in [4.78, 5) is 29.6. The first-order valence-corrected chi connectivity index (χ1v) is 11.8. The lowest BCUT2D eigenvalue weighted by Crippen LogP contribution is -2.49. The summed E-state index contributed by atoms with van der Waals surface area (Å²) >= 11 is 0. The van der Waals surface area contributed by atoms with Gasteiger partial charge in [-0.1, -0.05) is 12.1 Å². The highest BCUT2D eigenvalue weighted by molar-refractivity contribution is 6.32. The van der Waals surface area contributed by atoms with Crippen molar-refractivity contribution in [1.29, 1.82) is 0 Å². The summed E-state index contributed by atoms with van der Waals surface area (Å²) in [5.41, 5.74) is 3.13. The van der Waals surface area contributed by atoms with Crippen LogP contribution in [-0.4, -0.2) is 71.7 Å². The number of ether oxygens (including phenoxy) is 1. The van der Waals surface area contributed by atoms with Gasteiger partial charge in [0, 0.05) is 49.4 Å². The van der Waals surface area contributed by atoms with Crippen molar-refractivity contribution in [3.05, 3.63) is 76.8 Å². The summed E-state index contributed by atoms with van der Waals surface area (Å²) in [6, 6.07) is 11.6. The van der Waals surface area contributed by atoms with Gasteiger partial charge in [-0.3, -0.25) is 14.5 Å². The van der Waals surface area contributed by atoms with Gasteiger partial charge in [-0.2, -0.15) is 0 Å². The summed E-state index contributed by atoms with van der Waals surface area (Å²) in [7, 11) is 0. The van der Waals surface area contributed by atoms with Crippen LogP contribution in [0.4, 0.5) is 10.1 Å². The number of benzene rings is 2. The maximum Gasteiger partial charge on any atom is 0.260 e. The number of carbonyl (C=O) groups excluding carboxylic acids is 2. The second-order valence-corrected chi connectivity index (χ2v) is 9.49. The van der Waals surface area contributed by atoms with E-state index in [4.69, 9.17) is 9.84 Å². The first-order valence-electron chi connectivity index (χ1n) is 11.8. The molecule has 2 N–H and O–H groups in total. The number of rotatable bonds is 4. The quantitative estimate of drug-likeness (QED) is 0.662. The number of aliphatic hydroxyl groups is 1. The SMILES string of the molecule is CC1(C)OC(=C2C(=O)Nc3cc(F)ccc32)C=C1c1ccc(C(=O)N2CCN(CCO)CC2)cc1. The summed E-state index contributed by atoms with van der Waals surface area (Å²) in [6.07, 6.45) is 1.85. The van der Waals surface area contributed by atoms with E-state index in [0.717, 1.165) is 24.2 Å². The molecule has 3 aliphatic rings. The molecule has 0 atom stereocenters. The molecule has 2 amide bonds. The molecule has 35 heavy (non-hydrogen) atoms. The largest absolute Gasteiger partial charge is 0.482 e. The predicted octanol–water partition coefficient (Wildman–Crippen LogP) is 3.13. The third kappa shape index (κ3) is 4.35. The molecule has 0 radical (unpaired) electrons. The van der Waals surface area contributed by atoms with Gasteiger partial charge < -0.3 is 20.1 Å². The Kier molecular flexibility index (Phi) is 5.94. The fraction of sp³-hybridized carbons (Fsp3) is 0.333. The highest BCUT2D eigenvalue weighted by Crippen LogP contribution is 2.44. The number of anilines is 1. The lowest BCUT2D eigenvalue weighted by Gasteiger charge is -2.34. The molecule has 1 fully saturated rings. The van der Waals surface area contributed by atoms with Crippen LogP contribution in [0, 0.1) is 5.82 Å². The Labute approximate surface area is 203 Å². The minimum Gasteiger partial charge on any atom is -0.482 e. The maximum absolute atomic E-state index is 13.6. The van der Waals surface area contributed by atoms with Crippen molar-refractivity contribution >= 4 is 28.6 Å². The van der Waals surface area contributed by atoms with E-state index in [-0.39, 0.29) is 18.4 Å². The highest BCUT2D eigenvalue weighted by atomic mass is 19.1. The Hall–Kier alpha value is -3.49. The minimum atomic E-state index is -0.694. The number of nitrogens with one attached hydrogen (secondary N) is 1. The molecule has 3 aliphatic heterocycles. The van der Waals surface area contributed by atoms with E-state index in [0.29, 0.717) is 47.8 Å². The molecule has 182 valence electrons. The van der Waals surface area contributed by atoms with Gasteiger partial charge in [-0.05, 0) is 55.8 Å². The number of carbonyl (C=O) groups is 2. The molecule has 5 rings (SSSR count). The number of aliphatic hydroxyl groups excluding tert-OH is 1. The zero-order chi connectivity index (χ0) is 24.7. The van der Waals surface area contributed by atoms with Gasteiger partial charge in [0.15, 0.2) is 0 Å². The summed E-state index contributed by atoms with van der Waals surface area (Å²) in [5.74, 6) is -0.311. The highest BCUT2D eigenvalue weighted by Gasteiger charge is 2.38. The zero-order valence-corrected chi connectivity index (χ0v) is 19.8. The standard InChI is InChI=1S/C27H28FN3O4/c1-27(2)21(16-23(35-27)24-20-8-7-19(28)15-22(20)29-25(24)33)17-3-5-18(6-4-17)26(34)31-11-9-30(10-12-31)13-14-32/h3-8,15-16,32H,9-14H2,1-2H3,(H,29,33). The van der Waals surface area contributed by atoms with Crippen LogP contribution in [0.15, 0.2) is 54.3 Å². The normalized spacial score (nSPS) is 21.4. The molecule has 0 aromatic heterocycles. The molecule has 1 saturated heterocycles. The van der Waals surface area contributed by atoms with Crippen molar-refractivity contribution in [2.24, 2.45) is 0 Å². The number of β-amino-alcohol motifs (C(OH)–C–C–N with tert-alkyl or cyclic N) is 1. The van der Waals surface area contributed by atoms with Gasteiger partial charge in [0.05, 0.1) is 17.9 Å². The second kappa shape index (κ2) is 8.94. The van der Waals surface area contributed by atoms with E-state index >= 15 is 0 Å². The maximum atomic E-state index is 13.6. The average molecular weight is 478 g/mol. The second-order valence-electron chi connectivity index (χ2n) is 9.49. The Balaban J connectivity index is 1.39. The Morgan fingerprint density at radius 2 is 1.83 bits per heavy atom. The van der Waals surface area contributed by atoms with Crippen LogP contribution in [0.25, 0.3) is 11.1 Å². The van der Waals surface area contributed by atoms with E-state index in [9.17, 15) is 14.0 Å². The molecule has 7 nitrogen and oxygen atoms in total. The Morgan fingerprint density at radius 1 is 1.11 bits per heavy atom. The van der Waals surface area contributed by atoms with Crippen LogP contribution in [0.3, 0.4) is 0 Å². The molecule has 0 spiro atoms. The summed E-state index contributed by atoms with van der Waals surface area (Å²) < 4.78 is 19.8. The van der Waals surface area contributed by atoms with Gasteiger partial charge in [0.1, 0.15) is 17.2 Å². The molecule has 2 aromatic rings. The number of hydrogen-bond acceptors (Lipinski definition) is 5. The van der Waals surface area contributed by atoms with Crippen LogP contribution < -0.4 is 5.32 Å². The van der Waals surface area contributed by atoms with Crippen molar-refractivity contribution in [1.82, 2.24) is 9.80 Å². The summed E-state index contributed by atoms with van der Waals surface area (Å²) in [5, 5.41) is 11.8. The first kappa shape index (κ1) is 23.3. The number of fused-ring (bicyclic) bond motifs is 1. The van der Waals surface area contributed by atoms with Crippen molar-refractivity contribution in [2.75, 3.05) is 44.6 Å². The molecule has 0 unspecified atom stereocenters. The number of piperazine rings is 1. The van der Waals surface area contributed by atoms with Crippen molar-refractivity contribution in [3.63, 3.8) is 0 Å². The fourth-order valence-corrected chi connectivity index (χ4v) is 4.90. The molecular formula is C27H28FN3O4. The zero-order valence-electron chi connectivity index (χ0n) is 19.8. The fourth-order valence-electron chi connectivity index (χ4n) is 4.90. The Morgan fingerprint density at radius 3 is 2.51 bits per heavy atom. The van der Waals surface area contributed by atoms with Crippen LogP contribution in [0.5, 0.6) is 0 Å². The number of allylic oxidation sites excluding steroid dienone is 1. The number of hydrogen-bond donors (Lipinski definition) is 2. The lowest BCUT2D eigenvalue weighted by atomic mass is 9.91. The monoisotopic (exact) mass is 477 g/mol. The van der Waals surface area contributed by atoms with Crippen LogP contribution in [-0.2, 0) is 9.53 Å².